The molecule has 0 saturated carbocycles. The van der Waals surface area contributed by atoms with Gasteiger partial charge in [-0.1, -0.05) is 29.3 Å². The zero-order valence-corrected chi connectivity index (χ0v) is 17.1. The van der Waals surface area contributed by atoms with Crippen molar-refractivity contribution < 1.29 is 13.2 Å². The lowest BCUT2D eigenvalue weighted by Gasteiger charge is -2.17. The van der Waals surface area contributed by atoms with Crippen LogP contribution in [-0.4, -0.2) is 44.6 Å². The molecule has 1 aromatic carbocycles. The summed E-state index contributed by atoms with van der Waals surface area (Å²) in [6.45, 7) is 3.92. The molecule has 1 aromatic heterocycles. The molecule has 2 aromatic rings. The fraction of sp³-hybridized carbons (Fsp3) is 0.412. The Morgan fingerprint density at radius 1 is 1.22 bits per heavy atom. The topological polar surface area (TPSA) is 84.4 Å². The maximum Gasteiger partial charge on any atom is 0.242 e. The van der Waals surface area contributed by atoms with Crippen molar-refractivity contribution in [3.05, 3.63) is 40.1 Å². The van der Waals surface area contributed by atoms with Gasteiger partial charge >= 0.3 is 0 Å². The monoisotopic (exact) mass is 430 g/mol. The third-order valence-electron chi connectivity index (χ3n) is 4.08. The molecule has 1 aliphatic heterocycles. The van der Waals surface area contributed by atoms with Crippen LogP contribution in [0.4, 0.5) is 5.82 Å². The van der Waals surface area contributed by atoms with E-state index in [4.69, 9.17) is 27.9 Å². The number of aryl methyl sites for hydroxylation is 1. The van der Waals surface area contributed by atoms with E-state index in [2.05, 4.69) is 19.6 Å². The molecule has 0 aliphatic carbocycles. The standard InChI is InChI=1S/C17H20Cl2N4O3S/c1-12-21-15(23-8-2-3-9-23)11-16(22-12)26-10-7-20-27(24,25)14-6-4-5-13(18)17(14)19/h4-6,11,20H,2-3,7-10H2,1H3. The molecule has 146 valence electrons. The summed E-state index contributed by atoms with van der Waals surface area (Å²) in [6, 6.07) is 6.23. The first-order valence-corrected chi connectivity index (χ1v) is 10.8. The predicted octanol–water partition coefficient (Wildman–Crippen LogP) is 3.05. The van der Waals surface area contributed by atoms with Crippen molar-refractivity contribution in [3.63, 3.8) is 0 Å². The normalized spacial score (nSPS) is 14.6. The molecule has 0 atom stereocenters. The van der Waals surface area contributed by atoms with Gasteiger partial charge in [-0.2, -0.15) is 4.98 Å². The van der Waals surface area contributed by atoms with Crippen LogP contribution in [0.25, 0.3) is 0 Å². The summed E-state index contributed by atoms with van der Waals surface area (Å²) in [7, 11) is -3.78. The minimum Gasteiger partial charge on any atom is -0.476 e. The van der Waals surface area contributed by atoms with Gasteiger partial charge in [0.05, 0.1) is 10.0 Å². The molecule has 0 amide bonds. The number of hydrogen-bond donors (Lipinski definition) is 1. The lowest BCUT2D eigenvalue weighted by atomic mass is 10.4. The number of nitrogens with one attached hydrogen (secondary N) is 1. The van der Waals surface area contributed by atoms with Crippen molar-refractivity contribution in [2.24, 2.45) is 0 Å². The summed E-state index contributed by atoms with van der Waals surface area (Å²) in [6.07, 6.45) is 2.29. The quantitative estimate of drug-likeness (QED) is 0.679. The molecule has 0 bridgehead atoms. The number of ether oxygens (including phenoxy) is 1. The van der Waals surface area contributed by atoms with Crippen LogP contribution in [0.5, 0.6) is 5.88 Å². The van der Waals surface area contributed by atoms with Gasteiger partial charge in [0.15, 0.2) is 0 Å². The van der Waals surface area contributed by atoms with Gasteiger partial charge in [0, 0.05) is 25.7 Å². The number of anilines is 1. The minimum absolute atomic E-state index is 0.00531. The van der Waals surface area contributed by atoms with Gasteiger partial charge in [0.25, 0.3) is 0 Å². The first kappa shape index (κ1) is 20.1. The van der Waals surface area contributed by atoms with Crippen LogP contribution in [-0.2, 0) is 10.0 Å². The van der Waals surface area contributed by atoms with Crippen LogP contribution in [0.2, 0.25) is 10.0 Å². The van der Waals surface area contributed by atoms with Gasteiger partial charge in [-0.3, -0.25) is 0 Å². The number of hydrogen-bond acceptors (Lipinski definition) is 6. The Labute approximate surface area is 168 Å². The van der Waals surface area contributed by atoms with Crippen molar-refractivity contribution in [3.8, 4) is 5.88 Å². The summed E-state index contributed by atoms with van der Waals surface area (Å²) in [5.74, 6) is 1.87. The van der Waals surface area contributed by atoms with E-state index in [1.807, 2.05) is 0 Å². The Kier molecular flexibility index (Phi) is 6.41. The average molecular weight is 431 g/mol. The Hall–Kier alpha value is -1.61. The van der Waals surface area contributed by atoms with E-state index in [0.717, 1.165) is 31.7 Å². The van der Waals surface area contributed by atoms with Crippen molar-refractivity contribution in [2.45, 2.75) is 24.7 Å². The Bertz CT molecular complexity index is 918. The van der Waals surface area contributed by atoms with Crippen molar-refractivity contribution in [1.29, 1.82) is 0 Å². The average Bonchev–Trinajstić information content (AvgIpc) is 3.15. The molecule has 27 heavy (non-hydrogen) atoms. The van der Waals surface area contributed by atoms with Gasteiger partial charge in [0.1, 0.15) is 23.1 Å². The highest BCUT2D eigenvalue weighted by Crippen LogP contribution is 2.28. The van der Waals surface area contributed by atoms with E-state index in [0.29, 0.717) is 11.7 Å². The first-order valence-electron chi connectivity index (χ1n) is 8.54. The zero-order chi connectivity index (χ0) is 19.4. The molecule has 2 heterocycles. The second-order valence-electron chi connectivity index (χ2n) is 6.10. The largest absolute Gasteiger partial charge is 0.476 e. The van der Waals surface area contributed by atoms with Crippen LogP contribution in [0.15, 0.2) is 29.2 Å². The number of aromatic nitrogens is 2. The highest BCUT2D eigenvalue weighted by atomic mass is 35.5. The van der Waals surface area contributed by atoms with Crippen LogP contribution >= 0.6 is 23.2 Å². The van der Waals surface area contributed by atoms with Gasteiger partial charge in [-0.25, -0.2) is 18.1 Å². The third kappa shape index (κ3) is 5.01. The summed E-state index contributed by atoms with van der Waals surface area (Å²) in [4.78, 5) is 10.8. The van der Waals surface area contributed by atoms with Gasteiger partial charge < -0.3 is 9.64 Å². The molecule has 1 saturated heterocycles. The summed E-state index contributed by atoms with van der Waals surface area (Å²) in [5.41, 5.74) is 0. The SMILES string of the molecule is Cc1nc(OCCNS(=O)(=O)c2cccc(Cl)c2Cl)cc(N2CCCC2)n1. The minimum atomic E-state index is -3.78. The molecule has 0 unspecified atom stereocenters. The second kappa shape index (κ2) is 8.60. The van der Waals surface area contributed by atoms with E-state index in [1.54, 1.807) is 13.0 Å². The summed E-state index contributed by atoms with van der Waals surface area (Å²) in [5, 5.41) is 0.177. The van der Waals surface area contributed by atoms with Crippen LogP contribution in [0.1, 0.15) is 18.7 Å². The fourth-order valence-electron chi connectivity index (χ4n) is 2.81. The molecule has 1 fully saturated rings. The molecule has 10 heteroatoms. The second-order valence-corrected chi connectivity index (χ2v) is 8.62. The number of benzene rings is 1. The molecule has 3 rings (SSSR count). The predicted molar refractivity (Wildman–Crippen MR) is 105 cm³/mol. The highest BCUT2D eigenvalue weighted by Gasteiger charge is 2.19. The Balaban J connectivity index is 1.59. The lowest BCUT2D eigenvalue weighted by Crippen LogP contribution is -2.28. The lowest BCUT2D eigenvalue weighted by molar-refractivity contribution is 0.309. The molecule has 1 aliphatic rings. The first-order chi connectivity index (χ1) is 12.9. The Morgan fingerprint density at radius 3 is 2.70 bits per heavy atom. The number of halogens is 2. The molecule has 0 radical (unpaired) electrons. The van der Waals surface area contributed by atoms with Crippen molar-refractivity contribution >= 4 is 39.0 Å². The third-order valence-corrected chi connectivity index (χ3v) is 6.52. The molecule has 7 nitrogen and oxygen atoms in total. The molecule has 1 N–H and O–H groups in total. The van der Waals surface area contributed by atoms with E-state index < -0.39 is 10.0 Å². The molecular formula is C17H20Cl2N4O3S. The van der Waals surface area contributed by atoms with Gasteiger partial charge in [-0.05, 0) is 31.9 Å². The smallest absolute Gasteiger partial charge is 0.242 e. The van der Waals surface area contributed by atoms with Gasteiger partial charge in [0.2, 0.25) is 15.9 Å². The highest BCUT2D eigenvalue weighted by molar-refractivity contribution is 7.89. The summed E-state index contributed by atoms with van der Waals surface area (Å²) < 4.78 is 32.8. The number of sulfonamides is 1. The van der Waals surface area contributed by atoms with Gasteiger partial charge in [-0.15, -0.1) is 0 Å². The Morgan fingerprint density at radius 2 is 1.96 bits per heavy atom. The molecule has 0 spiro atoms. The summed E-state index contributed by atoms with van der Waals surface area (Å²) >= 11 is 11.9. The van der Waals surface area contributed by atoms with E-state index in [9.17, 15) is 8.42 Å². The van der Waals surface area contributed by atoms with E-state index in [1.165, 1.54) is 18.2 Å². The van der Waals surface area contributed by atoms with Crippen LogP contribution in [0.3, 0.4) is 0 Å². The zero-order valence-electron chi connectivity index (χ0n) is 14.8. The fourth-order valence-corrected chi connectivity index (χ4v) is 4.58. The number of nitrogens with zero attached hydrogens (tertiary/aromatic N) is 3. The van der Waals surface area contributed by atoms with Crippen molar-refractivity contribution in [1.82, 2.24) is 14.7 Å². The number of rotatable bonds is 7. The van der Waals surface area contributed by atoms with Crippen molar-refractivity contribution in [2.75, 3.05) is 31.1 Å². The van der Waals surface area contributed by atoms with Crippen LogP contribution in [0, 0.1) is 6.92 Å². The van der Waals surface area contributed by atoms with E-state index in [-0.39, 0.29) is 28.1 Å². The van der Waals surface area contributed by atoms with Crippen LogP contribution < -0.4 is 14.4 Å². The van der Waals surface area contributed by atoms with E-state index >= 15 is 0 Å². The maximum atomic E-state index is 12.4. The maximum absolute atomic E-state index is 12.4. The molecular weight excluding hydrogens is 411 g/mol.